The Labute approximate surface area is 168 Å². The molecule has 0 aromatic heterocycles. The Morgan fingerprint density at radius 2 is 1.66 bits per heavy atom. The van der Waals surface area contributed by atoms with E-state index >= 15 is 0 Å². The summed E-state index contributed by atoms with van der Waals surface area (Å²) in [5, 5.41) is 15.9. The topological polar surface area (TPSA) is 114 Å². The van der Waals surface area contributed by atoms with Crippen molar-refractivity contribution in [2.45, 2.75) is 20.8 Å². The molecule has 9 nitrogen and oxygen atoms in total. The Bertz CT molecular complexity index is 925. The first-order chi connectivity index (χ1) is 13.8. The maximum Gasteiger partial charge on any atom is 0.314 e. The molecule has 0 heterocycles. The summed E-state index contributed by atoms with van der Waals surface area (Å²) >= 11 is 0. The number of benzene rings is 2. The third-order valence-electron chi connectivity index (χ3n) is 4.44. The summed E-state index contributed by atoms with van der Waals surface area (Å²) in [7, 11) is 1.36. The van der Waals surface area contributed by atoms with Gasteiger partial charge in [0.15, 0.2) is 0 Å². The van der Waals surface area contributed by atoms with Crippen LogP contribution in [0.5, 0.6) is 5.75 Å². The minimum atomic E-state index is -0.962. The molecule has 2 amide bonds. The fraction of sp³-hybridized carbons (Fsp3) is 0.300. The number of nitrogens with one attached hydrogen (secondary N) is 2. The van der Waals surface area contributed by atoms with Gasteiger partial charge in [0.25, 0.3) is 5.69 Å². The Morgan fingerprint density at radius 3 is 2.17 bits per heavy atom. The second-order valence-electron chi connectivity index (χ2n) is 6.22. The number of hydrogen-bond donors (Lipinski definition) is 2. The molecule has 29 heavy (non-hydrogen) atoms. The van der Waals surface area contributed by atoms with Crippen molar-refractivity contribution >= 4 is 34.6 Å². The van der Waals surface area contributed by atoms with Crippen LogP contribution in [0.25, 0.3) is 0 Å². The minimum absolute atomic E-state index is 0.0375. The van der Waals surface area contributed by atoms with Crippen LogP contribution in [0.15, 0.2) is 36.4 Å². The second-order valence-corrected chi connectivity index (χ2v) is 6.22. The summed E-state index contributed by atoms with van der Waals surface area (Å²) in [6.07, 6.45) is 0. The average molecular weight is 400 g/mol. The summed E-state index contributed by atoms with van der Waals surface area (Å²) < 4.78 is 5.08. The lowest BCUT2D eigenvalue weighted by Crippen LogP contribution is -2.29. The Kier molecular flexibility index (Phi) is 7.13. The molecule has 9 heteroatoms. The van der Waals surface area contributed by atoms with E-state index in [0.29, 0.717) is 5.69 Å². The van der Waals surface area contributed by atoms with Crippen LogP contribution >= 0.6 is 0 Å². The van der Waals surface area contributed by atoms with Crippen molar-refractivity contribution in [1.82, 2.24) is 0 Å². The Balaban J connectivity index is 2.15. The van der Waals surface area contributed by atoms with E-state index in [1.807, 2.05) is 19.1 Å². The van der Waals surface area contributed by atoms with Gasteiger partial charge in [-0.25, -0.2) is 0 Å². The Hall–Kier alpha value is -3.62. The third kappa shape index (κ3) is 5.22. The predicted molar refractivity (Wildman–Crippen MR) is 112 cm³/mol. The van der Waals surface area contributed by atoms with Crippen LogP contribution in [0.4, 0.5) is 22.7 Å². The predicted octanol–water partition coefficient (Wildman–Crippen LogP) is 3.34. The number of methoxy groups -OCH3 is 1. The summed E-state index contributed by atoms with van der Waals surface area (Å²) in [6.45, 7) is 7.66. The molecule has 0 aliphatic heterocycles. The molecule has 0 bridgehead atoms. The number of carbonyl (C=O) groups is 2. The standard InChI is InChI=1S/C20H24N4O5/c1-5-23(6-2)14-7-9-16(13(3)11-14)21-19(25)20(26)22-17-12-15(24(27)28)8-10-18(17)29-4/h7-12H,5-6H2,1-4H3,(H,21,25)(H,22,26). The molecule has 0 spiro atoms. The highest BCUT2D eigenvalue weighted by Crippen LogP contribution is 2.29. The van der Waals surface area contributed by atoms with Crippen LogP contribution in [-0.2, 0) is 9.59 Å². The van der Waals surface area contributed by atoms with Gasteiger partial charge in [-0.3, -0.25) is 19.7 Å². The number of nitro groups is 1. The maximum atomic E-state index is 12.3. The number of nitrogens with zero attached hydrogens (tertiary/aromatic N) is 2. The molecule has 2 rings (SSSR count). The number of ether oxygens (including phenoxy) is 1. The van der Waals surface area contributed by atoms with Crippen LogP contribution < -0.4 is 20.3 Å². The number of rotatable bonds is 7. The van der Waals surface area contributed by atoms with Crippen LogP contribution in [0, 0.1) is 17.0 Å². The quantitative estimate of drug-likeness (QED) is 0.419. The van der Waals surface area contributed by atoms with Gasteiger partial charge in [0.05, 0.1) is 17.7 Å². The van der Waals surface area contributed by atoms with E-state index in [-0.39, 0.29) is 17.1 Å². The van der Waals surface area contributed by atoms with Gasteiger partial charge in [-0.2, -0.15) is 0 Å². The number of non-ortho nitro benzene ring substituents is 1. The zero-order chi connectivity index (χ0) is 21.6. The van der Waals surface area contributed by atoms with Crippen molar-refractivity contribution in [1.29, 1.82) is 0 Å². The number of carbonyl (C=O) groups excluding carboxylic acids is 2. The molecule has 0 aliphatic rings. The fourth-order valence-electron chi connectivity index (χ4n) is 2.84. The van der Waals surface area contributed by atoms with E-state index in [0.717, 1.165) is 30.4 Å². The zero-order valence-electron chi connectivity index (χ0n) is 16.8. The van der Waals surface area contributed by atoms with Gasteiger partial charge in [-0.05, 0) is 50.6 Å². The van der Waals surface area contributed by atoms with Gasteiger partial charge in [0, 0.05) is 36.6 Å². The second kappa shape index (κ2) is 9.54. The summed E-state index contributed by atoms with van der Waals surface area (Å²) in [5.41, 5.74) is 2.15. The molecule has 0 radical (unpaired) electrons. The third-order valence-corrected chi connectivity index (χ3v) is 4.44. The molecule has 2 N–H and O–H groups in total. The molecule has 0 unspecified atom stereocenters. The van der Waals surface area contributed by atoms with Gasteiger partial charge in [-0.1, -0.05) is 0 Å². The first-order valence-corrected chi connectivity index (χ1v) is 9.11. The summed E-state index contributed by atoms with van der Waals surface area (Å²) in [5.74, 6) is -1.65. The highest BCUT2D eigenvalue weighted by molar-refractivity contribution is 6.43. The van der Waals surface area contributed by atoms with E-state index in [4.69, 9.17) is 4.74 Å². The molecule has 0 atom stereocenters. The monoisotopic (exact) mass is 400 g/mol. The minimum Gasteiger partial charge on any atom is -0.495 e. The molecule has 0 saturated carbocycles. The van der Waals surface area contributed by atoms with E-state index in [9.17, 15) is 19.7 Å². The van der Waals surface area contributed by atoms with Crippen molar-refractivity contribution < 1.29 is 19.2 Å². The first kappa shape index (κ1) is 21.7. The fourth-order valence-corrected chi connectivity index (χ4v) is 2.84. The molecular weight excluding hydrogens is 376 g/mol. The highest BCUT2D eigenvalue weighted by atomic mass is 16.6. The van der Waals surface area contributed by atoms with Gasteiger partial charge >= 0.3 is 11.8 Å². The lowest BCUT2D eigenvalue weighted by molar-refractivity contribution is -0.384. The van der Waals surface area contributed by atoms with Gasteiger partial charge in [0.2, 0.25) is 0 Å². The number of hydrogen-bond acceptors (Lipinski definition) is 6. The molecule has 0 saturated heterocycles. The van der Waals surface area contributed by atoms with Crippen molar-refractivity contribution in [3.8, 4) is 5.75 Å². The smallest absolute Gasteiger partial charge is 0.314 e. The summed E-state index contributed by atoms with van der Waals surface area (Å²) in [4.78, 5) is 37.1. The van der Waals surface area contributed by atoms with Crippen LogP contribution in [-0.4, -0.2) is 36.9 Å². The van der Waals surface area contributed by atoms with Crippen LogP contribution in [0.3, 0.4) is 0 Å². The lowest BCUT2D eigenvalue weighted by Gasteiger charge is -2.22. The molecular formula is C20H24N4O5. The normalized spacial score (nSPS) is 10.2. The van der Waals surface area contributed by atoms with E-state index in [1.165, 1.54) is 19.2 Å². The van der Waals surface area contributed by atoms with Gasteiger partial charge in [0.1, 0.15) is 5.75 Å². The Morgan fingerprint density at radius 1 is 1.03 bits per heavy atom. The van der Waals surface area contributed by atoms with Crippen molar-refractivity contribution in [2.24, 2.45) is 0 Å². The maximum absolute atomic E-state index is 12.3. The largest absolute Gasteiger partial charge is 0.495 e. The molecule has 0 fully saturated rings. The van der Waals surface area contributed by atoms with E-state index < -0.39 is 16.7 Å². The molecule has 154 valence electrons. The van der Waals surface area contributed by atoms with Gasteiger partial charge < -0.3 is 20.3 Å². The van der Waals surface area contributed by atoms with E-state index in [1.54, 1.807) is 6.07 Å². The number of anilines is 3. The number of amides is 2. The summed E-state index contributed by atoms with van der Waals surface area (Å²) in [6, 6.07) is 9.27. The zero-order valence-corrected chi connectivity index (χ0v) is 16.8. The van der Waals surface area contributed by atoms with Crippen LogP contribution in [0.1, 0.15) is 19.4 Å². The number of nitro benzene ring substituents is 1. The SMILES string of the molecule is CCN(CC)c1ccc(NC(=O)C(=O)Nc2cc([N+](=O)[O-])ccc2OC)c(C)c1. The average Bonchev–Trinajstić information content (AvgIpc) is 2.70. The van der Waals surface area contributed by atoms with E-state index in [2.05, 4.69) is 29.4 Å². The number of aryl methyl sites for hydroxylation is 1. The molecule has 2 aromatic carbocycles. The molecule has 0 aliphatic carbocycles. The van der Waals surface area contributed by atoms with Crippen molar-refractivity contribution in [2.75, 3.05) is 35.7 Å². The van der Waals surface area contributed by atoms with Crippen molar-refractivity contribution in [3.63, 3.8) is 0 Å². The van der Waals surface area contributed by atoms with Crippen molar-refractivity contribution in [3.05, 3.63) is 52.1 Å². The lowest BCUT2D eigenvalue weighted by atomic mass is 10.1. The van der Waals surface area contributed by atoms with Gasteiger partial charge in [-0.15, -0.1) is 0 Å². The highest BCUT2D eigenvalue weighted by Gasteiger charge is 2.19. The first-order valence-electron chi connectivity index (χ1n) is 9.11. The molecule has 2 aromatic rings. The van der Waals surface area contributed by atoms with Crippen LogP contribution in [0.2, 0.25) is 0 Å².